The fraction of sp³-hybridized carbons (Fsp3) is 0.154. The van der Waals surface area contributed by atoms with Crippen LogP contribution >= 0.6 is 22.9 Å². The summed E-state index contributed by atoms with van der Waals surface area (Å²) in [5.41, 5.74) is 4.59. The van der Waals surface area contributed by atoms with Crippen molar-refractivity contribution in [2.24, 2.45) is 0 Å². The summed E-state index contributed by atoms with van der Waals surface area (Å²) >= 11 is 7.59. The molecular weight excluding hydrogens is 252 g/mol. The van der Waals surface area contributed by atoms with Crippen LogP contribution in [0.3, 0.4) is 0 Å². The molecule has 0 spiro atoms. The van der Waals surface area contributed by atoms with E-state index in [0.717, 1.165) is 26.9 Å². The molecule has 86 valence electrons. The van der Waals surface area contributed by atoms with Crippen molar-refractivity contribution in [2.75, 3.05) is 0 Å². The van der Waals surface area contributed by atoms with Crippen molar-refractivity contribution in [3.63, 3.8) is 0 Å². The molecule has 2 aromatic heterocycles. The summed E-state index contributed by atoms with van der Waals surface area (Å²) in [6.45, 7) is 4.15. The van der Waals surface area contributed by atoms with Gasteiger partial charge in [0.25, 0.3) is 0 Å². The van der Waals surface area contributed by atoms with E-state index in [1.807, 2.05) is 31.2 Å². The molecule has 0 N–H and O–H groups in total. The number of aryl methyl sites for hydroxylation is 2. The second kappa shape index (κ2) is 3.86. The highest BCUT2D eigenvalue weighted by Crippen LogP contribution is 2.29. The van der Waals surface area contributed by atoms with Gasteiger partial charge in [-0.25, -0.2) is 4.98 Å². The van der Waals surface area contributed by atoms with Gasteiger partial charge in [0, 0.05) is 21.7 Å². The number of hydrogen-bond donors (Lipinski definition) is 0. The SMILES string of the molecule is Cc1nc2scc(C)n2c1-c1ccc(Cl)cc1. The van der Waals surface area contributed by atoms with Crippen molar-refractivity contribution in [3.8, 4) is 11.3 Å². The standard InChI is InChI=1S/C13H11ClN2S/c1-8-7-17-13-15-9(2)12(16(8)13)10-3-5-11(14)6-4-10/h3-7H,1-2H3. The van der Waals surface area contributed by atoms with Crippen LogP contribution < -0.4 is 0 Å². The van der Waals surface area contributed by atoms with Crippen LogP contribution in [0.5, 0.6) is 0 Å². The summed E-state index contributed by atoms with van der Waals surface area (Å²) in [6.07, 6.45) is 0. The van der Waals surface area contributed by atoms with E-state index >= 15 is 0 Å². The Kier molecular flexibility index (Phi) is 2.45. The minimum atomic E-state index is 0.759. The van der Waals surface area contributed by atoms with E-state index < -0.39 is 0 Å². The molecule has 0 bridgehead atoms. The van der Waals surface area contributed by atoms with Crippen molar-refractivity contribution in [1.29, 1.82) is 0 Å². The quantitative estimate of drug-likeness (QED) is 0.638. The first-order chi connectivity index (χ1) is 8.16. The van der Waals surface area contributed by atoms with Gasteiger partial charge in [-0.3, -0.25) is 4.40 Å². The van der Waals surface area contributed by atoms with Gasteiger partial charge in [0.05, 0.1) is 11.4 Å². The predicted molar refractivity (Wildman–Crippen MR) is 73.0 cm³/mol. The second-order valence-electron chi connectivity index (χ2n) is 4.05. The largest absolute Gasteiger partial charge is 0.287 e. The Labute approximate surface area is 108 Å². The second-order valence-corrected chi connectivity index (χ2v) is 5.32. The fourth-order valence-corrected chi connectivity index (χ4v) is 3.08. The molecule has 0 atom stereocenters. The first kappa shape index (κ1) is 10.8. The lowest BCUT2D eigenvalue weighted by Gasteiger charge is -2.03. The zero-order valence-electron chi connectivity index (χ0n) is 9.57. The number of benzene rings is 1. The van der Waals surface area contributed by atoms with E-state index in [-0.39, 0.29) is 0 Å². The molecule has 3 aromatic rings. The smallest absolute Gasteiger partial charge is 0.194 e. The Morgan fingerprint density at radius 1 is 1.18 bits per heavy atom. The Hall–Kier alpha value is -1.32. The number of fused-ring (bicyclic) bond motifs is 1. The minimum Gasteiger partial charge on any atom is -0.287 e. The molecule has 0 amide bonds. The molecule has 0 aliphatic carbocycles. The van der Waals surface area contributed by atoms with E-state index in [4.69, 9.17) is 11.6 Å². The maximum atomic E-state index is 5.92. The third kappa shape index (κ3) is 1.66. The molecule has 0 saturated heterocycles. The number of hydrogen-bond acceptors (Lipinski definition) is 2. The molecule has 17 heavy (non-hydrogen) atoms. The first-order valence-electron chi connectivity index (χ1n) is 5.36. The van der Waals surface area contributed by atoms with Crippen LogP contribution in [0.2, 0.25) is 5.02 Å². The molecule has 0 radical (unpaired) electrons. The lowest BCUT2D eigenvalue weighted by Crippen LogP contribution is -1.89. The number of imidazole rings is 1. The zero-order chi connectivity index (χ0) is 12.0. The molecule has 0 fully saturated rings. The van der Waals surface area contributed by atoms with Gasteiger partial charge in [-0.05, 0) is 26.0 Å². The summed E-state index contributed by atoms with van der Waals surface area (Å²) in [5.74, 6) is 0. The Bertz CT molecular complexity index is 679. The molecule has 0 saturated carbocycles. The topological polar surface area (TPSA) is 17.3 Å². The van der Waals surface area contributed by atoms with Gasteiger partial charge in [-0.15, -0.1) is 11.3 Å². The zero-order valence-corrected chi connectivity index (χ0v) is 11.1. The number of nitrogens with zero attached hydrogens (tertiary/aromatic N) is 2. The minimum absolute atomic E-state index is 0.759. The Balaban J connectivity index is 2.32. The summed E-state index contributed by atoms with van der Waals surface area (Å²) in [4.78, 5) is 5.63. The number of rotatable bonds is 1. The van der Waals surface area contributed by atoms with Crippen LogP contribution in [0.15, 0.2) is 29.6 Å². The molecule has 2 heterocycles. The predicted octanol–water partition coefficient (Wildman–Crippen LogP) is 4.33. The highest BCUT2D eigenvalue weighted by Gasteiger charge is 2.13. The third-order valence-electron chi connectivity index (χ3n) is 2.83. The van der Waals surface area contributed by atoms with Crippen molar-refractivity contribution in [2.45, 2.75) is 13.8 Å². The highest BCUT2D eigenvalue weighted by atomic mass is 35.5. The Morgan fingerprint density at radius 3 is 2.59 bits per heavy atom. The van der Waals surface area contributed by atoms with Crippen molar-refractivity contribution in [3.05, 3.63) is 46.1 Å². The number of aromatic nitrogens is 2. The molecule has 0 unspecified atom stereocenters. The van der Waals surface area contributed by atoms with E-state index in [0.29, 0.717) is 0 Å². The van der Waals surface area contributed by atoms with Gasteiger partial charge in [0.15, 0.2) is 4.96 Å². The maximum absolute atomic E-state index is 5.92. The average molecular weight is 263 g/mol. The molecule has 1 aromatic carbocycles. The summed E-state index contributed by atoms with van der Waals surface area (Å²) < 4.78 is 2.20. The number of halogens is 1. The molecule has 4 heteroatoms. The van der Waals surface area contributed by atoms with Gasteiger partial charge in [0.1, 0.15) is 0 Å². The monoisotopic (exact) mass is 262 g/mol. The van der Waals surface area contributed by atoms with Gasteiger partial charge in [0.2, 0.25) is 0 Å². The van der Waals surface area contributed by atoms with Crippen LogP contribution in [0.1, 0.15) is 11.4 Å². The van der Waals surface area contributed by atoms with E-state index in [9.17, 15) is 0 Å². The molecule has 0 aliphatic heterocycles. The molecular formula is C13H11ClN2S. The van der Waals surface area contributed by atoms with Crippen molar-refractivity contribution < 1.29 is 0 Å². The van der Waals surface area contributed by atoms with Crippen LogP contribution in [0, 0.1) is 13.8 Å². The highest BCUT2D eigenvalue weighted by molar-refractivity contribution is 7.15. The van der Waals surface area contributed by atoms with E-state index in [2.05, 4.69) is 21.7 Å². The van der Waals surface area contributed by atoms with E-state index in [1.165, 1.54) is 5.69 Å². The molecule has 3 rings (SSSR count). The normalized spacial score (nSPS) is 11.2. The fourth-order valence-electron chi connectivity index (χ4n) is 2.05. The van der Waals surface area contributed by atoms with Gasteiger partial charge < -0.3 is 0 Å². The molecule has 0 aliphatic rings. The Morgan fingerprint density at radius 2 is 1.88 bits per heavy atom. The number of thiazole rings is 1. The lowest BCUT2D eigenvalue weighted by molar-refractivity contribution is 1.13. The van der Waals surface area contributed by atoms with Crippen LogP contribution in [-0.2, 0) is 0 Å². The first-order valence-corrected chi connectivity index (χ1v) is 6.61. The lowest BCUT2D eigenvalue weighted by atomic mass is 10.1. The summed E-state index contributed by atoms with van der Waals surface area (Å²) in [6, 6.07) is 7.90. The van der Waals surface area contributed by atoms with Crippen molar-refractivity contribution in [1.82, 2.24) is 9.38 Å². The summed E-state index contributed by atoms with van der Waals surface area (Å²) in [7, 11) is 0. The van der Waals surface area contributed by atoms with E-state index in [1.54, 1.807) is 11.3 Å². The average Bonchev–Trinajstić information content (AvgIpc) is 2.80. The van der Waals surface area contributed by atoms with Crippen LogP contribution in [0.25, 0.3) is 16.2 Å². The van der Waals surface area contributed by atoms with Gasteiger partial charge in [-0.1, -0.05) is 23.7 Å². The molecule has 2 nitrogen and oxygen atoms in total. The maximum Gasteiger partial charge on any atom is 0.194 e. The third-order valence-corrected chi connectivity index (χ3v) is 4.02. The van der Waals surface area contributed by atoms with Gasteiger partial charge in [-0.2, -0.15) is 0 Å². The van der Waals surface area contributed by atoms with Crippen molar-refractivity contribution >= 4 is 27.9 Å². The van der Waals surface area contributed by atoms with Crippen LogP contribution in [0.4, 0.5) is 0 Å². The van der Waals surface area contributed by atoms with Gasteiger partial charge >= 0.3 is 0 Å². The summed E-state index contributed by atoms with van der Waals surface area (Å²) in [5, 5.41) is 2.88. The van der Waals surface area contributed by atoms with Crippen LogP contribution in [-0.4, -0.2) is 9.38 Å².